The maximum Gasteiger partial charge on any atom is 0.325 e. The van der Waals surface area contributed by atoms with E-state index in [1.807, 2.05) is 37.3 Å². The highest BCUT2D eigenvalue weighted by atomic mass is 79.9. The number of benzene rings is 2. The number of halogens is 1. The molecule has 0 heterocycles. The van der Waals surface area contributed by atoms with Crippen LogP contribution in [0.25, 0.3) is 0 Å². The summed E-state index contributed by atoms with van der Waals surface area (Å²) in [6.45, 7) is 2.31. The second kappa shape index (κ2) is 6.74. The zero-order valence-corrected chi connectivity index (χ0v) is 13.1. The van der Waals surface area contributed by atoms with Gasteiger partial charge in [0.05, 0.1) is 4.47 Å². The Morgan fingerprint density at radius 2 is 2.00 bits per heavy atom. The van der Waals surface area contributed by atoms with Crippen LogP contribution in [0.5, 0.6) is 5.75 Å². The van der Waals surface area contributed by atoms with E-state index in [9.17, 15) is 4.79 Å². The fraction of sp³-hybridized carbons (Fsp3) is 0.188. The highest BCUT2D eigenvalue weighted by molar-refractivity contribution is 9.10. The fourth-order valence-corrected chi connectivity index (χ4v) is 2.68. The molecule has 4 nitrogen and oxygen atoms in total. The van der Waals surface area contributed by atoms with Gasteiger partial charge in [0.2, 0.25) is 0 Å². The summed E-state index contributed by atoms with van der Waals surface area (Å²) in [6.07, 6.45) is 0. The van der Waals surface area contributed by atoms with Gasteiger partial charge >= 0.3 is 5.97 Å². The van der Waals surface area contributed by atoms with Crippen molar-refractivity contribution in [3.63, 3.8) is 0 Å². The van der Waals surface area contributed by atoms with Crippen molar-refractivity contribution in [2.75, 3.05) is 0 Å². The average molecular weight is 350 g/mol. The van der Waals surface area contributed by atoms with E-state index in [2.05, 4.69) is 15.9 Å². The third kappa shape index (κ3) is 3.83. The maximum atomic E-state index is 10.9. The molecule has 21 heavy (non-hydrogen) atoms. The summed E-state index contributed by atoms with van der Waals surface area (Å²) >= 11 is 3.42. The summed E-state index contributed by atoms with van der Waals surface area (Å²) in [5.41, 5.74) is 8.07. The Kier molecular flexibility index (Phi) is 4.98. The van der Waals surface area contributed by atoms with Gasteiger partial charge in [0.15, 0.2) is 0 Å². The standard InChI is InChI=1S/C16H16BrNO3/c1-10-7-12(14(18)16(19)20)8-13(17)15(10)21-9-11-5-3-2-4-6-11/h2-8,14H,9,18H2,1H3,(H,19,20). The smallest absolute Gasteiger partial charge is 0.325 e. The molecule has 0 saturated carbocycles. The summed E-state index contributed by atoms with van der Waals surface area (Å²) in [4.78, 5) is 10.9. The van der Waals surface area contributed by atoms with Gasteiger partial charge in [-0.05, 0) is 45.6 Å². The molecule has 2 aromatic rings. The first-order valence-electron chi connectivity index (χ1n) is 6.44. The molecule has 110 valence electrons. The minimum absolute atomic E-state index is 0.449. The van der Waals surface area contributed by atoms with Crippen LogP contribution in [-0.2, 0) is 11.4 Å². The van der Waals surface area contributed by atoms with Gasteiger partial charge in [-0.25, -0.2) is 0 Å². The Bertz CT molecular complexity index is 620. The summed E-state index contributed by atoms with van der Waals surface area (Å²) in [5.74, 6) is -0.362. The third-order valence-electron chi connectivity index (χ3n) is 3.10. The molecule has 1 atom stereocenters. The zero-order chi connectivity index (χ0) is 15.4. The van der Waals surface area contributed by atoms with E-state index >= 15 is 0 Å². The monoisotopic (exact) mass is 349 g/mol. The number of carbonyl (C=O) groups is 1. The molecule has 0 fully saturated rings. The van der Waals surface area contributed by atoms with Gasteiger partial charge in [-0.3, -0.25) is 4.79 Å². The highest BCUT2D eigenvalue weighted by Gasteiger charge is 2.17. The molecular weight excluding hydrogens is 334 g/mol. The van der Waals surface area contributed by atoms with E-state index < -0.39 is 12.0 Å². The molecular formula is C16H16BrNO3. The van der Waals surface area contributed by atoms with E-state index in [0.29, 0.717) is 22.4 Å². The molecule has 1 unspecified atom stereocenters. The van der Waals surface area contributed by atoms with Crippen LogP contribution in [0.3, 0.4) is 0 Å². The Balaban J connectivity index is 2.19. The quantitative estimate of drug-likeness (QED) is 0.867. The molecule has 0 radical (unpaired) electrons. The molecule has 2 rings (SSSR count). The van der Waals surface area contributed by atoms with E-state index in [1.165, 1.54) is 0 Å². The molecule has 0 aromatic heterocycles. The van der Waals surface area contributed by atoms with Crippen LogP contribution < -0.4 is 10.5 Å². The minimum atomic E-state index is -1.06. The summed E-state index contributed by atoms with van der Waals surface area (Å²) < 4.78 is 6.51. The van der Waals surface area contributed by atoms with Crippen molar-refractivity contribution in [3.05, 3.63) is 63.6 Å². The number of nitrogens with two attached hydrogens (primary N) is 1. The second-order valence-corrected chi connectivity index (χ2v) is 5.59. The fourth-order valence-electron chi connectivity index (χ4n) is 1.99. The van der Waals surface area contributed by atoms with Crippen LogP contribution in [0.2, 0.25) is 0 Å². The number of aliphatic carboxylic acids is 1. The highest BCUT2D eigenvalue weighted by Crippen LogP contribution is 2.32. The molecule has 0 spiro atoms. The van der Waals surface area contributed by atoms with Crippen LogP contribution >= 0.6 is 15.9 Å². The second-order valence-electron chi connectivity index (χ2n) is 4.74. The lowest BCUT2D eigenvalue weighted by atomic mass is 10.0. The molecule has 0 saturated heterocycles. The van der Waals surface area contributed by atoms with E-state index in [-0.39, 0.29) is 0 Å². The molecule has 0 amide bonds. The minimum Gasteiger partial charge on any atom is -0.487 e. The van der Waals surface area contributed by atoms with Gasteiger partial charge in [0.1, 0.15) is 18.4 Å². The van der Waals surface area contributed by atoms with Crippen LogP contribution in [0.1, 0.15) is 22.7 Å². The van der Waals surface area contributed by atoms with Crippen molar-refractivity contribution in [2.24, 2.45) is 5.73 Å². The Morgan fingerprint density at radius 3 is 2.57 bits per heavy atom. The van der Waals surface area contributed by atoms with Crippen molar-refractivity contribution in [2.45, 2.75) is 19.6 Å². The maximum absolute atomic E-state index is 10.9. The van der Waals surface area contributed by atoms with Gasteiger partial charge in [-0.2, -0.15) is 0 Å². The summed E-state index contributed by atoms with van der Waals surface area (Å²) in [5, 5.41) is 8.97. The predicted molar refractivity (Wildman–Crippen MR) is 84.2 cm³/mol. The lowest BCUT2D eigenvalue weighted by Gasteiger charge is -2.15. The van der Waals surface area contributed by atoms with Crippen molar-refractivity contribution in [1.82, 2.24) is 0 Å². The number of ether oxygens (including phenoxy) is 1. The number of carboxylic acid groups (broad SMARTS) is 1. The molecule has 2 aromatic carbocycles. The topological polar surface area (TPSA) is 72.6 Å². The first-order valence-corrected chi connectivity index (χ1v) is 7.23. The van der Waals surface area contributed by atoms with E-state index in [4.69, 9.17) is 15.6 Å². The van der Waals surface area contributed by atoms with Crippen LogP contribution in [0, 0.1) is 6.92 Å². The van der Waals surface area contributed by atoms with Crippen molar-refractivity contribution >= 4 is 21.9 Å². The van der Waals surface area contributed by atoms with E-state index in [0.717, 1.165) is 11.1 Å². The van der Waals surface area contributed by atoms with Gasteiger partial charge in [-0.1, -0.05) is 36.4 Å². The van der Waals surface area contributed by atoms with Crippen LogP contribution in [0.4, 0.5) is 0 Å². The van der Waals surface area contributed by atoms with Gasteiger partial charge in [0, 0.05) is 0 Å². The summed E-state index contributed by atoms with van der Waals surface area (Å²) in [7, 11) is 0. The molecule has 0 aliphatic rings. The largest absolute Gasteiger partial charge is 0.487 e. The average Bonchev–Trinajstić information content (AvgIpc) is 2.46. The van der Waals surface area contributed by atoms with Crippen molar-refractivity contribution in [1.29, 1.82) is 0 Å². The number of hydrogen-bond donors (Lipinski definition) is 2. The van der Waals surface area contributed by atoms with Gasteiger partial charge in [-0.15, -0.1) is 0 Å². The van der Waals surface area contributed by atoms with E-state index in [1.54, 1.807) is 12.1 Å². The van der Waals surface area contributed by atoms with Gasteiger partial charge < -0.3 is 15.6 Å². The Hall–Kier alpha value is -1.85. The van der Waals surface area contributed by atoms with Crippen molar-refractivity contribution < 1.29 is 14.6 Å². The Labute approximate surface area is 131 Å². The zero-order valence-electron chi connectivity index (χ0n) is 11.5. The van der Waals surface area contributed by atoms with Crippen LogP contribution in [0.15, 0.2) is 46.9 Å². The number of carboxylic acids is 1. The first-order chi connectivity index (χ1) is 9.99. The van der Waals surface area contributed by atoms with Crippen LogP contribution in [-0.4, -0.2) is 11.1 Å². The number of hydrogen-bond acceptors (Lipinski definition) is 3. The molecule has 0 aliphatic heterocycles. The number of aryl methyl sites for hydroxylation is 1. The molecule has 3 N–H and O–H groups in total. The molecule has 0 aliphatic carbocycles. The number of rotatable bonds is 5. The predicted octanol–water partition coefficient (Wildman–Crippen LogP) is 3.42. The lowest BCUT2D eigenvalue weighted by molar-refractivity contribution is -0.138. The molecule has 5 heteroatoms. The lowest BCUT2D eigenvalue weighted by Crippen LogP contribution is -2.20. The van der Waals surface area contributed by atoms with Gasteiger partial charge in [0.25, 0.3) is 0 Å². The summed E-state index contributed by atoms with van der Waals surface area (Å²) in [6, 6.07) is 12.2. The Morgan fingerprint density at radius 1 is 1.33 bits per heavy atom. The van der Waals surface area contributed by atoms with Crippen molar-refractivity contribution in [3.8, 4) is 5.75 Å². The normalized spacial score (nSPS) is 12.0. The molecule has 0 bridgehead atoms. The third-order valence-corrected chi connectivity index (χ3v) is 3.69. The first kappa shape index (κ1) is 15.5. The SMILES string of the molecule is Cc1cc(C(N)C(=O)O)cc(Br)c1OCc1ccccc1.